The average Bonchev–Trinajstić information content (AvgIpc) is 3.05. The maximum absolute atomic E-state index is 12.8. The van der Waals surface area contributed by atoms with E-state index in [-0.39, 0.29) is 48.0 Å². The van der Waals surface area contributed by atoms with Gasteiger partial charge in [0, 0.05) is 48.6 Å². The lowest BCUT2D eigenvalue weighted by Gasteiger charge is -2.31. The molecule has 8 nitrogen and oxygen atoms in total. The number of fused-ring (bicyclic) bond motifs is 2. The van der Waals surface area contributed by atoms with Crippen LogP contribution in [0.1, 0.15) is 19.4 Å². The van der Waals surface area contributed by atoms with E-state index in [9.17, 15) is 9.59 Å². The molecular formula is C24H26Cl2N6O2. The fourth-order valence-electron chi connectivity index (χ4n) is 5.50. The number of imide groups is 1. The number of nitrogens with zero attached hydrogens (tertiary/aromatic N) is 5. The Bertz CT molecular complexity index is 1280. The van der Waals surface area contributed by atoms with Gasteiger partial charge < -0.3 is 10.2 Å². The molecule has 178 valence electrons. The Hall–Kier alpha value is -2.68. The number of piperazine rings is 1. The minimum absolute atomic E-state index is 0. The Labute approximate surface area is 208 Å². The lowest BCUT2D eigenvalue weighted by atomic mass is 10.1. The summed E-state index contributed by atoms with van der Waals surface area (Å²) in [5.41, 5.74) is 4.26. The first-order chi connectivity index (χ1) is 15.9. The summed E-state index contributed by atoms with van der Waals surface area (Å²) in [4.78, 5) is 33.9. The molecule has 1 N–H and O–H groups in total. The molecule has 6 rings (SSSR count). The molecule has 3 fully saturated rings. The van der Waals surface area contributed by atoms with E-state index in [1.54, 1.807) is 4.52 Å². The van der Waals surface area contributed by atoms with Gasteiger partial charge in [0.05, 0.1) is 29.6 Å². The molecule has 10 heteroatoms. The normalized spacial score (nSPS) is 23.3. The Balaban J connectivity index is 0.00000241. The SMILES string of the molecule is CC1(C)C2C(=O)N(Cc3cc4c(-c5cc(Cl)ccc5N5CCNCC5)ncnn4c3)C(=O)C21.Cl. The van der Waals surface area contributed by atoms with E-state index in [0.29, 0.717) is 5.02 Å². The van der Waals surface area contributed by atoms with Crippen LogP contribution in [-0.2, 0) is 16.1 Å². The Morgan fingerprint density at radius 2 is 1.82 bits per heavy atom. The van der Waals surface area contributed by atoms with Crippen LogP contribution in [0, 0.1) is 17.3 Å². The van der Waals surface area contributed by atoms with Gasteiger partial charge in [0.1, 0.15) is 6.33 Å². The van der Waals surface area contributed by atoms with Crippen molar-refractivity contribution in [3.05, 3.63) is 47.4 Å². The van der Waals surface area contributed by atoms with Gasteiger partial charge in [-0.25, -0.2) is 9.50 Å². The lowest BCUT2D eigenvalue weighted by Crippen LogP contribution is -2.43. The summed E-state index contributed by atoms with van der Waals surface area (Å²) in [6, 6.07) is 7.85. The topological polar surface area (TPSA) is 82.8 Å². The second-order valence-electron chi connectivity index (χ2n) is 9.72. The number of likely N-dealkylation sites (tertiary alicyclic amines) is 1. The number of halogens is 2. The van der Waals surface area contributed by atoms with Crippen LogP contribution in [0.3, 0.4) is 0 Å². The summed E-state index contributed by atoms with van der Waals surface area (Å²) in [7, 11) is 0. The highest BCUT2D eigenvalue weighted by molar-refractivity contribution is 6.31. The van der Waals surface area contributed by atoms with Gasteiger partial charge in [-0.05, 0) is 35.2 Å². The van der Waals surface area contributed by atoms with Gasteiger partial charge >= 0.3 is 0 Å². The molecule has 1 saturated carbocycles. The second kappa shape index (κ2) is 8.22. The largest absolute Gasteiger partial charge is 0.368 e. The smallest absolute Gasteiger partial charge is 0.233 e. The zero-order chi connectivity index (χ0) is 22.9. The van der Waals surface area contributed by atoms with E-state index < -0.39 is 0 Å². The number of nitrogens with one attached hydrogen (secondary N) is 1. The Kier molecular flexibility index (Phi) is 5.58. The summed E-state index contributed by atoms with van der Waals surface area (Å²) in [5.74, 6) is -0.476. The van der Waals surface area contributed by atoms with E-state index in [2.05, 4.69) is 20.3 Å². The van der Waals surface area contributed by atoms with Crippen LogP contribution in [0.2, 0.25) is 5.02 Å². The van der Waals surface area contributed by atoms with Crippen LogP contribution >= 0.6 is 24.0 Å². The highest BCUT2D eigenvalue weighted by atomic mass is 35.5. The molecule has 3 aliphatic rings. The summed E-state index contributed by atoms with van der Waals surface area (Å²) in [6.45, 7) is 7.89. The third-order valence-corrected chi connectivity index (χ3v) is 7.60. The number of aromatic nitrogens is 3. The van der Waals surface area contributed by atoms with Crippen LogP contribution in [0.4, 0.5) is 5.69 Å². The summed E-state index contributed by atoms with van der Waals surface area (Å²) < 4.78 is 1.76. The van der Waals surface area contributed by atoms with E-state index >= 15 is 0 Å². The molecule has 2 amide bonds. The molecule has 2 atom stereocenters. The highest BCUT2D eigenvalue weighted by Gasteiger charge is 2.72. The van der Waals surface area contributed by atoms with Crippen LogP contribution in [0.5, 0.6) is 0 Å². The molecule has 2 saturated heterocycles. The van der Waals surface area contributed by atoms with E-state index in [0.717, 1.165) is 54.2 Å². The van der Waals surface area contributed by atoms with E-state index in [1.807, 2.05) is 44.3 Å². The second-order valence-corrected chi connectivity index (χ2v) is 10.2. The number of anilines is 1. The van der Waals surface area contributed by atoms with Crippen molar-refractivity contribution < 1.29 is 9.59 Å². The fraction of sp³-hybridized carbons (Fsp3) is 0.417. The third-order valence-electron chi connectivity index (χ3n) is 7.37. The molecule has 0 radical (unpaired) electrons. The molecule has 1 aromatic carbocycles. The molecule has 2 aliphatic heterocycles. The van der Waals surface area contributed by atoms with Gasteiger partial charge in [-0.3, -0.25) is 14.5 Å². The summed E-state index contributed by atoms with van der Waals surface area (Å²) in [6.07, 6.45) is 3.39. The molecule has 34 heavy (non-hydrogen) atoms. The fourth-order valence-corrected chi connectivity index (χ4v) is 5.67. The van der Waals surface area contributed by atoms with E-state index in [1.165, 1.54) is 11.2 Å². The standard InChI is InChI=1S/C24H25ClN6O2.ClH/c1-24(2)19-20(24)23(33)30(22(19)32)11-14-9-18-21(27-13-28-31(18)12-14)16-10-15(25)3-4-17(16)29-7-5-26-6-8-29;/h3-4,9-10,12-13,19-20,26H,5-8,11H2,1-2H3;1H. The molecule has 4 heterocycles. The number of benzene rings is 1. The zero-order valence-corrected chi connectivity index (χ0v) is 20.6. The monoisotopic (exact) mass is 500 g/mol. The van der Waals surface area contributed by atoms with Gasteiger partial charge in [0.15, 0.2) is 0 Å². The minimum atomic E-state index is -0.207. The summed E-state index contributed by atoms with van der Waals surface area (Å²) >= 11 is 6.39. The van der Waals surface area contributed by atoms with Crippen molar-refractivity contribution in [3.8, 4) is 11.3 Å². The predicted molar refractivity (Wildman–Crippen MR) is 132 cm³/mol. The van der Waals surface area contributed by atoms with Crippen LogP contribution in [0.25, 0.3) is 16.8 Å². The minimum Gasteiger partial charge on any atom is -0.368 e. The van der Waals surface area contributed by atoms with Crippen LogP contribution in [0.15, 0.2) is 36.8 Å². The quantitative estimate of drug-likeness (QED) is 0.554. The Morgan fingerprint density at radius 1 is 1.12 bits per heavy atom. The van der Waals surface area contributed by atoms with Crippen molar-refractivity contribution in [3.63, 3.8) is 0 Å². The number of hydrogen-bond donors (Lipinski definition) is 1. The predicted octanol–water partition coefficient (Wildman–Crippen LogP) is 3.02. The number of hydrogen-bond acceptors (Lipinski definition) is 6. The first-order valence-corrected chi connectivity index (χ1v) is 11.7. The zero-order valence-electron chi connectivity index (χ0n) is 19.0. The first kappa shape index (κ1) is 23.1. The highest BCUT2D eigenvalue weighted by Crippen LogP contribution is 2.63. The number of piperidine rings is 1. The van der Waals surface area contributed by atoms with Crippen molar-refractivity contribution >= 4 is 47.0 Å². The molecule has 2 unspecified atom stereocenters. The third kappa shape index (κ3) is 3.47. The van der Waals surface area contributed by atoms with Crippen molar-refractivity contribution in [2.24, 2.45) is 17.3 Å². The molecule has 0 spiro atoms. The average molecular weight is 501 g/mol. The molecule has 2 aromatic heterocycles. The van der Waals surface area contributed by atoms with Crippen molar-refractivity contribution in [2.45, 2.75) is 20.4 Å². The van der Waals surface area contributed by atoms with Gasteiger partial charge in [-0.15, -0.1) is 12.4 Å². The van der Waals surface area contributed by atoms with Gasteiger partial charge in [0.25, 0.3) is 0 Å². The van der Waals surface area contributed by atoms with Crippen molar-refractivity contribution in [1.29, 1.82) is 0 Å². The number of amides is 2. The molecular weight excluding hydrogens is 475 g/mol. The lowest BCUT2D eigenvalue weighted by molar-refractivity contribution is -0.143. The van der Waals surface area contributed by atoms with Gasteiger partial charge in [-0.2, -0.15) is 5.10 Å². The maximum atomic E-state index is 12.8. The van der Waals surface area contributed by atoms with Gasteiger partial charge in [-0.1, -0.05) is 25.4 Å². The molecule has 0 bridgehead atoms. The molecule has 3 aromatic rings. The summed E-state index contributed by atoms with van der Waals surface area (Å²) in [5, 5.41) is 8.40. The maximum Gasteiger partial charge on any atom is 0.233 e. The van der Waals surface area contributed by atoms with Crippen molar-refractivity contribution in [1.82, 2.24) is 24.8 Å². The van der Waals surface area contributed by atoms with Crippen LogP contribution < -0.4 is 10.2 Å². The number of carbonyl (C=O) groups is 2. The van der Waals surface area contributed by atoms with Crippen LogP contribution in [-0.4, -0.2) is 57.5 Å². The van der Waals surface area contributed by atoms with E-state index in [4.69, 9.17) is 11.6 Å². The van der Waals surface area contributed by atoms with Crippen molar-refractivity contribution in [2.75, 3.05) is 31.1 Å². The number of rotatable bonds is 4. The number of carbonyl (C=O) groups excluding carboxylic acids is 2. The molecule has 1 aliphatic carbocycles. The van der Waals surface area contributed by atoms with Gasteiger partial charge in [0.2, 0.25) is 11.8 Å². The first-order valence-electron chi connectivity index (χ1n) is 11.3. The Morgan fingerprint density at radius 3 is 2.53 bits per heavy atom.